The van der Waals surface area contributed by atoms with E-state index in [2.05, 4.69) is 31.0 Å². The van der Waals surface area contributed by atoms with Crippen molar-refractivity contribution in [1.82, 2.24) is 10.2 Å². The highest BCUT2D eigenvalue weighted by Crippen LogP contribution is 2.32. The van der Waals surface area contributed by atoms with Crippen LogP contribution in [0.5, 0.6) is 0 Å². The van der Waals surface area contributed by atoms with Gasteiger partial charge in [0, 0.05) is 17.0 Å². The normalized spacial score (nSPS) is 12.0. The molecule has 0 atom stereocenters. The summed E-state index contributed by atoms with van der Waals surface area (Å²) < 4.78 is 5.75. The van der Waals surface area contributed by atoms with Crippen molar-refractivity contribution in [2.24, 2.45) is 0 Å². The van der Waals surface area contributed by atoms with E-state index >= 15 is 0 Å². The first kappa shape index (κ1) is 10.8. The molecule has 0 spiro atoms. The largest absolute Gasteiger partial charge is 0.465 e. The number of hydrogen-bond donors (Lipinski definition) is 2. The number of furan rings is 1. The van der Waals surface area contributed by atoms with E-state index in [1.165, 1.54) is 0 Å². The van der Waals surface area contributed by atoms with Gasteiger partial charge in [-0.1, -0.05) is 20.8 Å². The van der Waals surface area contributed by atoms with Gasteiger partial charge in [-0.25, -0.2) is 0 Å². The molecule has 16 heavy (non-hydrogen) atoms. The van der Waals surface area contributed by atoms with Crippen LogP contribution in [-0.2, 0) is 5.41 Å². The van der Waals surface area contributed by atoms with Gasteiger partial charge in [-0.3, -0.25) is 5.10 Å². The molecule has 2 rings (SSSR count). The monoisotopic (exact) mass is 219 g/mol. The second-order valence-electron chi connectivity index (χ2n) is 5.04. The molecule has 0 bridgehead atoms. The number of nitrogens with two attached hydrogens (primary N) is 1. The first-order valence-electron chi connectivity index (χ1n) is 5.30. The van der Waals surface area contributed by atoms with E-state index in [4.69, 9.17) is 10.2 Å². The second kappa shape index (κ2) is 3.40. The lowest BCUT2D eigenvalue weighted by molar-refractivity contribution is 0.396. The van der Waals surface area contributed by atoms with E-state index in [0.29, 0.717) is 5.82 Å². The maximum atomic E-state index is 5.75. The van der Waals surface area contributed by atoms with Crippen LogP contribution in [0.1, 0.15) is 32.3 Å². The minimum atomic E-state index is 0.00851. The van der Waals surface area contributed by atoms with Crippen LogP contribution in [0.3, 0.4) is 0 Å². The van der Waals surface area contributed by atoms with Crippen molar-refractivity contribution in [3.63, 3.8) is 0 Å². The molecule has 4 nitrogen and oxygen atoms in total. The molecule has 86 valence electrons. The van der Waals surface area contributed by atoms with Crippen LogP contribution >= 0.6 is 0 Å². The number of nitrogens with zero attached hydrogens (tertiary/aromatic N) is 1. The molecule has 0 saturated carbocycles. The highest BCUT2D eigenvalue weighted by Gasteiger charge is 2.21. The molecule has 0 unspecified atom stereocenters. The Bertz CT molecular complexity index is 503. The third-order valence-corrected chi connectivity index (χ3v) is 2.54. The van der Waals surface area contributed by atoms with E-state index < -0.39 is 0 Å². The summed E-state index contributed by atoms with van der Waals surface area (Å²) >= 11 is 0. The molecule has 4 heteroatoms. The first-order chi connectivity index (χ1) is 7.38. The Balaban J connectivity index is 2.47. The summed E-state index contributed by atoms with van der Waals surface area (Å²) in [4.78, 5) is 0. The molecule has 0 amide bonds. The summed E-state index contributed by atoms with van der Waals surface area (Å²) in [5, 5.41) is 6.81. The Morgan fingerprint density at radius 1 is 1.31 bits per heavy atom. The van der Waals surface area contributed by atoms with Crippen molar-refractivity contribution in [2.45, 2.75) is 33.1 Å². The van der Waals surface area contributed by atoms with E-state index in [-0.39, 0.29) is 5.41 Å². The smallest absolute Gasteiger partial charge is 0.145 e. The van der Waals surface area contributed by atoms with Crippen LogP contribution < -0.4 is 5.73 Å². The number of nitrogens with one attached hydrogen (secondary N) is 1. The maximum absolute atomic E-state index is 5.75. The van der Waals surface area contributed by atoms with Crippen LogP contribution in [0, 0.1) is 6.92 Å². The number of nitrogen functional groups attached to an aromatic ring is 1. The van der Waals surface area contributed by atoms with Gasteiger partial charge in [0.1, 0.15) is 17.3 Å². The summed E-state index contributed by atoms with van der Waals surface area (Å²) in [6, 6.07) is 3.85. The third kappa shape index (κ3) is 1.83. The second-order valence-corrected chi connectivity index (χ2v) is 5.04. The number of anilines is 1. The summed E-state index contributed by atoms with van der Waals surface area (Å²) in [6.07, 6.45) is 0. The quantitative estimate of drug-likeness (QED) is 0.774. The molecule has 0 aliphatic heterocycles. The number of aromatic nitrogens is 2. The van der Waals surface area contributed by atoms with Crippen molar-refractivity contribution in [3.8, 4) is 11.3 Å². The van der Waals surface area contributed by atoms with Crippen LogP contribution in [0.25, 0.3) is 11.3 Å². The summed E-state index contributed by atoms with van der Waals surface area (Å²) in [5.74, 6) is 2.34. The van der Waals surface area contributed by atoms with Crippen LogP contribution in [0.15, 0.2) is 16.5 Å². The van der Waals surface area contributed by atoms with Crippen LogP contribution in [0.4, 0.5) is 5.82 Å². The number of aryl methyl sites for hydroxylation is 1. The molecule has 0 aromatic carbocycles. The summed E-state index contributed by atoms with van der Waals surface area (Å²) in [5.41, 5.74) is 7.51. The third-order valence-electron chi connectivity index (χ3n) is 2.54. The lowest BCUT2D eigenvalue weighted by Gasteiger charge is -2.13. The zero-order valence-corrected chi connectivity index (χ0v) is 10.1. The molecule has 0 aliphatic rings. The highest BCUT2D eigenvalue weighted by atomic mass is 16.3. The summed E-state index contributed by atoms with van der Waals surface area (Å²) in [7, 11) is 0. The van der Waals surface area contributed by atoms with E-state index in [9.17, 15) is 0 Å². The van der Waals surface area contributed by atoms with Gasteiger partial charge in [0.2, 0.25) is 0 Å². The predicted molar refractivity (Wildman–Crippen MR) is 64.1 cm³/mol. The first-order valence-corrected chi connectivity index (χ1v) is 5.30. The SMILES string of the molecule is Cc1oc(C(C)(C)C)cc1-c1cc(N)n[nH]1. The highest BCUT2D eigenvalue weighted by molar-refractivity contribution is 5.64. The number of H-pyrrole nitrogens is 1. The average Bonchev–Trinajstić information content (AvgIpc) is 2.70. The van der Waals surface area contributed by atoms with Crippen molar-refractivity contribution in [1.29, 1.82) is 0 Å². The standard InChI is InChI=1S/C12H17N3O/c1-7-8(9-6-11(13)15-14-9)5-10(16-7)12(2,3)4/h5-6H,1-4H3,(H3,13,14,15). The van der Waals surface area contributed by atoms with Crippen LogP contribution in [-0.4, -0.2) is 10.2 Å². The Kier molecular flexibility index (Phi) is 2.30. The van der Waals surface area contributed by atoms with Gasteiger partial charge in [-0.2, -0.15) is 5.10 Å². The van der Waals surface area contributed by atoms with Gasteiger partial charge in [0.05, 0.1) is 5.69 Å². The number of aromatic amines is 1. The summed E-state index contributed by atoms with van der Waals surface area (Å²) in [6.45, 7) is 8.31. The molecular weight excluding hydrogens is 202 g/mol. The fourth-order valence-corrected chi connectivity index (χ4v) is 1.59. The van der Waals surface area contributed by atoms with E-state index in [0.717, 1.165) is 22.8 Å². The molecule has 2 aromatic heterocycles. The van der Waals surface area contributed by atoms with Crippen molar-refractivity contribution in [2.75, 3.05) is 5.73 Å². The molecule has 0 radical (unpaired) electrons. The minimum Gasteiger partial charge on any atom is -0.465 e. The predicted octanol–water partition coefficient (Wildman–Crippen LogP) is 2.86. The van der Waals surface area contributed by atoms with Gasteiger partial charge in [0.15, 0.2) is 0 Å². The van der Waals surface area contributed by atoms with E-state index in [1.807, 2.05) is 19.1 Å². The van der Waals surface area contributed by atoms with Gasteiger partial charge in [-0.05, 0) is 13.0 Å². The minimum absolute atomic E-state index is 0.00851. The zero-order chi connectivity index (χ0) is 11.9. The van der Waals surface area contributed by atoms with Crippen molar-refractivity contribution in [3.05, 3.63) is 23.7 Å². The Morgan fingerprint density at radius 3 is 2.44 bits per heavy atom. The van der Waals surface area contributed by atoms with Gasteiger partial charge >= 0.3 is 0 Å². The van der Waals surface area contributed by atoms with Crippen LogP contribution in [0.2, 0.25) is 0 Å². The van der Waals surface area contributed by atoms with Crippen molar-refractivity contribution < 1.29 is 4.42 Å². The van der Waals surface area contributed by atoms with Gasteiger partial charge < -0.3 is 10.2 Å². The topological polar surface area (TPSA) is 67.8 Å². The van der Waals surface area contributed by atoms with E-state index in [1.54, 1.807) is 0 Å². The Morgan fingerprint density at radius 2 is 2.00 bits per heavy atom. The fourth-order valence-electron chi connectivity index (χ4n) is 1.59. The molecule has 2 heterocycles. The maximum Gasteiger partial charge on any atom is 0.145 e. The Hall–Kier alpha value is -1.71. The molecule has 0 aliphatic carbocycles. The molecule has 2 aromatic rings. The Labute approximate surface area is 94.8 Å². The van der Waals surface area contributed by atoms with Gasteiger partial charge in [0.25, 0.3) is 0 Å². The fraction of sp³-hybridized carbons (Fsp3) is 0.417. The molecule has 3 N–H and O–H groups in total. The number of hydrogen-bond acceptors (Lipinski definition) is 3. The molecule has 0 fully saturated rings. The molecule has 0 saturated heterocycles. The zero-order valence-electron chi connectivity index (χ0n) is 10.1. The molecular formula is C12H17N3O. The average molecular weight is 219 g/mol. The van der Waals surface area contributed by atoms with Gasteiger partial charge in [-0.15, -0.1) is 0 Å². The van der Waals surface area contributed by atoms with Crippen molar-refractivity contribution >= 4 is 5.82 Å². The lowest BCUT2D eigenvalue weighted by Crippen LogP contribution is -2.09. The number of rotatable bonds is 1. The lowest BCUT2D eigenvalue weighted by atomic mass is 9.93.